The van der Waals surface area contributed by atoms with Crippen molar-refractivity contribution in [1.82, 2.24) is 4.90 Å². The van der Waals surface area contributed by atoms with E-state index >= 15 is 0 Å². The van der Waals surface area contributed by atoms with E-state index in [1.165, 1.54) is 0 Å². The van der Waals surface area contributed by atoms with E-state index in [0.717, 1.165) is 19.3 Å². The van der Waals surface area contributed by atoms with Gasteiger partial charge in [-0.2, -0.15) is 0 Å². The molecule has 2 rings (SSSR count). The topological polar surface area (TPSA) is 38.8 Å². The summed E-state index contributed by atoms with van der Waals surface area (Å²) in [6, 6.07) is 0.118. The molecule has 2 saturated heterocycles. The Morgan fingerprint density at radius 2 is 2.24 bits per heavy atom. The Morgan fingerprint density at radius 1 is 1.41 bits per heavy atom. The van der Waals surface area contributed by atoms with Gasteiger partial charge < -0.3 is 14.4 Å². The van der Waals surface area contributed by atoms with Gasteiger partial charge in [-0.15, -0.1) is 11.6 Å². The first kappa shape index (κ1) is 13.1. The van der Waals surface area contributed by atoms with E-state index in [1.807, 2.05) is 11.8 Å². The van der Waals surface area contributed by atoms with Crippen LogP contribution in [0.1, 0.15) is 26.2 Å². The normalized spacial score (nSPS) is 34.7. The number of halogens is 1. The number of carbonyl (C=O) groups is 1. The number of nitrogens with zero attached hydrogens (tertiary/aromatic N) is 1. The number of hydrogen-bond acceptors (Lipinski definition) is 3. The van der Waals surface area contributed by atoms with Gasteiger partial charge in [-0.05, 0) is 26.2 Å². The quantitative estimate of drug-likeness (QED) is 0.706. The third-order valence-corrected chi connectivity index (χ3v) is 3.76. The predicted molar refractivity (Wildman–Crippen MR) is 65.2 cm³/mol. The predicted octanol–water partition coefficient (Wildman–Crippen LogP) is 1.41. The van der Waals surface area contributed by atoms with E-state index in [9.17, 15) is 4.79 Å². The highest BCUT2D eigenvalue weighted by Gasteiger charge is 2.34. The molecule has 0 aromatic heterocycles. The van der Waals surface area contributed by atoms with Crippen LogP contribution in [0.25, 0.3) is 0 Å². The Morgan fingerprint density at radius 3 is 2.88 bits per heavy atom. The molecule has 0 N–H and O–H groups in total. The van der Waals surface area contributed by atoms with Crippen molar-refractivity contribution in [3.63, 3.8) is 0 Å². The lowest BCUT2D eigenvalue weighted by atomic mass is 10.1. The van der Waals surface area contributed by atoms with E-state index in [4.69, 9.17) is 21.1 Å². The summed E-state index contributed by atoms with van der Waals surface area (Å²) in [5.41, 5.74) is 0. The maximum absolute atomic E-state index is 12.3. The smallest absolute Gasteiger partial charge is 0.252 e. The molecule has 2 heterocycles. The van der Waals surface area contributed by atoms with Crippen LogP contribution in [0.4, 0.5) is 0 Å². The highest BCUT2D eigenvalue weighted by Crippen LogP contribution is 2.19. The van der Waals surface area contributed by atoms with Crippen LogP contribution in [0.15, 0.2) is 0 Å². The van der Waals surface area contributed by atoms with Crippen molar-refractivity contribution in [2.45, 2.75) is 44.4 Å². The second kappa shape index (κ2) is 6.03. The summed E-state index contributed by atoms with van der Waals surface area (Å²) >= 11 is 5.79. The number of ether oxygens (including phenoxy) is 2. The van der Waals surface area contributed by atoms with Crippen LogP contribution in [-0.2, 0) is 14.3 Å². The van der Waals surface area contributed by atoms with Crippen LogP contribution in [0, 0.1) is 0 Å². The number of amides is 1. The van der Waals surface area contributed by atoms with Gasteiger partial charge in [0.1, 0.15) is 6.10 Å². The maximum atomic E-state index is 12.3. The van der Waals surface area contributed by atoms with Crippen molar-refractivity contribution in [1.29, 1.82) is 0 Å². The lowest BCUT2D eigenvalue weighted by Gasteiger charge is -2.39. The molecule has 3 unspecified atom stereocenters. The lowest BCUT2D eigenvalue weighted by Crippen LogP contribution is -2.55. The summed E-state index contributed by atoms with van der Waals surface area (Å²) in [5, 5.41) is 0. The molecule has 2 fully saturated rings. The van der Waals surface area contributed by atoms with Crippen molar-refractivity contribution in [2.75, 3.05) is 25.6 Å². The van der Waals surface area contributed by atoms with Crippen LogP contribution in [0.2, 0.25) is 0 Å². The van der Waals surface area contributed by atoms with Crippen LogP contribution in [0.5, 0.6) is 0 Å². The zero-order valence-electron chi connectivity index (χ0n) is 10.2. The van der Waals surface area contributed by atoms with Gasteiger partial charge in [0.25, 0.3) is 5.91 Å². The van der Waals surface area contributed by atoms with E-state index in [2.05, 4.69) is 0 Å². The fraction of sp³-hybridized carbons (Fsp3) is 0.917. The third-order valence-electron chi connectivity index (χ3n) is 3.42. The van der Waals surface area contributed by atoms with E-state index in [0.29, 0.717) is 25.6 Å². The van der Waals surface area contributed by atoms with Crippen molar-refractivity contribution >= 4 is 17.5 Å². The average Bonchev–Trinajstić information content (AvgIpc) is 2.39. The zero-order chi connectivity index (χ0) is 12.3. The molecule has 0 aromatic rings. The molecule has 0 radical (unpaired) electrons. The second-order valence-electron chi connectivity index (χ2n) is 4.80. The average molecular weight is 262 g/mol. The Labute approximate surface area is 107 Å². The van der Waals surface area contributed by atoms with Gasteiger partial charge in [-0.25, -0.2) is 0 Å². The monoisotopic (exact) mass is 261 g/mol. The van der Waals surface area contributed by atoms with Crippen molar-refractivity contribution < 1.29 is 14.3 Å². The Bertz CT molecular complexity index is 268. The summed E-state index contributed by atoms with van der Waals surface area (Å²) in [6.45, 7) is 3.86. The minimum Gasteiger partial charge on any atom is -0.373 e. The molecular formula is C12H20ClNO3. The summed E-state index contributed by atoms with van der Waals surface area (Å²) < 4.78 is 11.1. The lowest BCUT2D eigenvalue weighted by molar-refractivity contribution is -0.157. The van der Waals surface area contributed by atoms with Crippen LogP contribution >= 0.6 is 11.6 Å². The molecule has 0 bridgehead atoms. The highest BCUT2D eigenvalue weighted by molar-refractivity contribution is 6.18. The van der Waals surface area contributed by atoms with Gasteiger partial charge in [0.2, 0.25) is 0 Å². The minimum atomic E-state index is -0.250. The molecule has 5 heteroatoms. The molecule has 98 valence electrons. The summed E-state index contributed by atoms with van der Waals surface area (Å²) in [7, 11) is 0. The van der Waals surface area contributed by atoms with Gasteiger partial charge >= 0.3 is 0 Å². The number of carbonyl (C=O) groups excluding carboxylic acids is 1. The Kier molecular flexibility index (Phi) is 4.65. The highest BCUT2D eigenvalue weighted by atomic mass is 35.5. The third kappa shape index (κ3) is 3.12. The van der Waals surface area contributed by atoms with Gasteiger partial charge in [0, 0.05) is 13.2 Å². The van der Waals surface area contributed by atoms with Gasteiger partial charge in [-0.1, -0.05) is 0 Å². The van der Waals surface area contributed by atoms with Gasteiger partial charge in [0.15, 0.2) is 0 Å². The maximum Gasteiger partial charge on any atom is 0.252 e. The Hall–Kier alpha value is -0.320. The van der Waals surface area contributed by atoms with Crippen molar-refractivity contribution in [2.24, 2.45) is 0 Å². The number of hydrogen-bond donors (Lipinski definition) is 0. The second-order valence-corrected chi connectivity index (χ2v) is 5.11. The molecular weight excluding hydrogens is 242 g/mol. The van der Waals surface area contributed by atoms with Crippen molar-refractivity contribution in [3.05, 3.63) is 0 Å². The molecule has 1 amide bonds. The minimum absolute atomic E-state index is 0.0413. The molecule has 0 saturated carbocycles. The van der Waals surface area contributed by atoms with Gasteiger partial charge in [0.05, 0.1) is 24.6 Å². The van der Waals surface area contributed by atoms with Gasteiger partial charge in [-0.3, -0.25) is 4.79 Å². The standard InChI is InChI=1S/C12H20ClNO3/c1-9-8-17-10(6-13)7-14(9)12(15)11-4-2-3-5-16-11/h9-11H,2-8H2,1H3. The molecule has 0 aromatic carbocycles. The van der Waals surface area contributed by atoms with E-state index in [-0.39, 0.29) is 24.2 Å². The van der Waals surface area contributed by atoms with Crippen molar-refractivity contribution in [3.8, 4) is 0 Å². The molecule has 2 aliphatic rings. The number of alkyl halides is 1. The number of morpholine rings is 1. The largest absolute Gasteiger partial charge is 0.373 e. The molecule has 0 spiro atoms. The SMILES string of the molecule is CC1COC(CCl)CN1C(=O)C1CCCCO1. The van der Waals surface area contributed by atoms with Crippen LogP contribution in [-0.4, -0.2) is 54.7 Å². The van der Waals surface area contributed by atoms with E-state index < -0.39 is 0 Å². The summed E-state index contributed by atoms with van der Waals surface area (Å²) in [5.74, 6) is 0.540. The summed E-state index contributed by atoms with van der Waals surface area (Å²) in [4.78, 5) is 14.2. The molecule has 4 nitrogen and oxygen atoms in total. The van der Waals surface area contributed by atoms with E-state index in [1.54, 1.807) is 0 Å². The van der Waals surface area contributed by atoms with Crippen LogP contribution in [0.3, 0.4) is 0 Å². The first-order chi connectivity index (χ1) is 8.22. The zero-order valence-corrected chi connectivity index (χ0v) is 11.0. The summed E-state index contributed by atoms with van der Waals surface area (Å²) in [6.07, 6.45) is 2.69. The molecule has 2 aliphatic heterocycles. The number of rotatable bonds is 2. The fourth-order valence-corrected chi connectivity index (χ4v) is 2.52. The fourth-order valence-electron chi connectivity index (χ4n) is 2.34. The molecule has 3 atom stereocenters. The first-order valence-electron chi connectivity index (χ1n) is 6.32. The van der Waals surface area contributed by atoms with Crippen LogP contribution < -0.4 is 0 Å². The first-order valence-corrected chi connectivity index (χ1v) is 6.85. The molecule has 17 heavy (non-hydrogen) atoms. The molecule has 0 aliphatic carbocycles. The Balaban J connectivity index is 1.95.